The van der Waals surface area contributed by atoms with Crippen molar-refractivity contribution in [3.8, 4) is 0 Å². The summed E-state index contributed by atoms with van der Waals surface area (Å²) in [5.41, 5.74) is 8.57. The molecule has 182 valence electrons. The average molecular weight is 471 g/mol. The Morgan fingerprint density at radius 2 is 1.88 bits per heavy atom. The monoisotopic (exact) mass is 470 g/mol. The highest BCUT2D eigenvalue weighted by Gasteiger charge is 2.42. The number of nitrogens with two attached hydrogens (primary N) is 1. The van der Waals surface area contributed by atoms with E-state index in [1.807, 2.05) is 32.0 Å². The van der Waals surface area contributed by atoms with Crippen LogP contribution in [0, 0.1) is 12.8 Å². The zero-order valence-corrected chi connectivity index (χ0v) is 19.8. The molecule has 1 saturated carbocycles. The molecular weight excluding hydrogens is 437 g/mol. The maximum atomic E-state index is 13.4. The van der Waals surface area contributed by atoms with Crippen LogP contribution in [0.3, 0.4) is 0 Å². The number of aromatic nitrogens is 1. The largest absolute Gasteiger partial charge is 0.416 e. The highest BCUT2D eigenvalue weighted by atomic mass is 19.4. The third kappa shape index (κ3) is 4.78. The Morgan fingerprint density at radius 1 is 1.15 bits per heavy atom. The van der Waals surface area contributed by atoms with Crippen molar-refractivity contribution in [3.05, 3.63) is 81.3 Å². The van der Waals surface area contributed by atoms with Crippen molar-refractivity contribution < 1.29 is 13.2 Å². The van der Waals surface area contributed by atoms with Gasteiger partial charge in [-0.05, 0) is 98.1 Å². The molecule has 34 heavy (non-hydrogen) atoms. The standard InChI is InChI=1S/C28H33F3N2O/c1-3-25(32)27(22-5-4-6-23(17-22)28(29,30)31)12-9-19(10-13-27)7-8-20-16-21-11-14-33-26(34)24(21)15-18(20)2/h4-6,11,14-17,19,25H,3,7-10,12-13,32H2,1-2H3,(H,33,34). The summed E-state index contributed by atoms with van der Waals surface area (Å²) in [5.74, 6) is 0.511. The molecule has 1 aromatic heterocycles. The number of halogens is 3. The fraction of sp³-hybridized carbons (Fsp3) is 0.464. The fourth-order valence-corrected chi connectivity index (χ4v) is 5.77. The summed E-state index contributed by atoms with van der Waals surface area (Å²) in [6.07, 6.45) is 3.52. The molecule has 1 unspecified atom stereocenters. The van der Waals surface area contributed by atoms with Gasteiger partial charge in [0.1, 0.15) is 0 Å². The lowest BCUT2D eigenvalue weighted by Crippen LogP contribution is -2.47. The number of hydrogen-bond donors (Lipinski definition) is 2. The van der Waals surface area contributed by atoms with E-state index < -0.39 is 17.2 Å². The number of rotatable bonds is 6. The van der Waals surface area contributed by atoms with E-state index in [-0.39, 0.29) is 11.6 Å². The van der Waals surface area contributed by atoms with Gasteiger partial charge in [-0.1, -0.05) is 31.2 Å². The second-order valence-corrected chi connectivity index (χ2v) is 9.90. The molecule has 3 aromatic rings. The lowest BCUT2D eigenvalue weighted by molar-refractivity contribution is -0.137. The van der Waals surface area contributed by atoms with Crippen molar-refractivity contribution >= 4 is 10.8 Å². The molecule has 0 bridgehead atoms. The van der Waals surface area contributed by atoms with Crippen molar-refractivity contribution in [2.45, 2.75) is 76.4 Å². The second kappa shape index (κ2) is 9.57. The summed E-state index contributed by atoms with van der Waals surface area (Å²) in [6, 6.07) is 11.6. The van der Waals surface area contributed by atoms with Gasteiger partial charge in [-0.25, -0.2) is 0 Å². The SMILES string of the molecule is CCC(N)C1(c2cccc(C(F)(F)F)c2)CCC(CCc2cc3cc[nH]c(=O)c3cc2C)CC1. The van der Waals surface area contributed by atoms with E-state index in [1.54, 1.807) is 6.20 Å². The molecule has 3 N–H and O–H groups in total. The van der Waals surface area contributed by atoms with Gasteiger partial charge in [0, 0.05) is 23.0 Å². The highest BCUT2D eigenvalue weighted by molar-refractivity contribution is 5.82. The first-order chi connectivity index (χ1) is 16.1. The maximum Gasteiger partial charge on any atom is 0.416 e. The van der Waals surface area contributed by atoms with E-state index in [9.17, 15) is 18.0 Å². The number of fused-ring (bicyclic) bond motifs is 1. The van der Waals surface area contributed by atoms with E-state index in [1.165, 1.54) is 17.7 Å². The van der Waals surface area contributed by atoms with Crippen molar-refractivity contribution in [1.29, 1.82) is 0 Å². The number of aromatic amines is 1. The zero-order valence-electron chi connectivity index (χ0n) is 19.8. The van der Waals surface area contributed by atoms with Crippen molar-refractivity contribution in [1.82, 2.24) is 4.98 Å². The van der Waals surface area contributed by atoms with Gasteiger partial charge in [-0.3, -0.25) is 4.79 Å². The topological polar surface area (TPSA) is 58.9 Å². The number of hydrogen-bond acceptors (Lipinski definition) is 2. The van der Waals surface area contributed by atoms with Crippen LogP contribution in [0.5, 0.6) is 0 Å². The van der Waals surface area contributed by atoms with Crippen LogP contribution in [0.4, 0.5) is 13.2 Å². The van der Waals surface area contributed by atoms with Crippen LogP contribution >= 0.6 is 0 Å². The van der Waals surface area contributed by atoms with Gasteiger partial charge in [-0.15, -0.1) is 0 Å². The molecule has 0 saturated heterocycles. The molecule has 3 nitrogen and oxygen atoms in total. The minimum atomic E-state index is -4.35. The predicted molar refractivity (Wildman–Crippen MR) is 131 cm³/mol. The molecular formula is C28H33F3N2O. The fourth-order valence-electron chi connectivity index (χ4n) is 5.77. The van der Waals surface area contributed by atoms with Crippen LogP contribution in [-0.2, 0) is 18.0 Å². The summed E-state index contributed by atoms with van der Waals surface area (Å²) in [7, 11) is 0. The molecule has 6 heteroatoms. The molecule has 4 rings (SSSR count). The Hall–Kier alpha value is -2.60. The Bertz CT molecular complexity index is 1210. The lowest BCUT2D eigenvalue weighted by Gasteiger charge is -2.45. The summed E-state index contributed by atoms with van der Waals surface area (Å²) < 4.78 is 40.1. The maximum absolute atomic E-state index is 13.4. The van der Waals surface area contributed by atoms with Gasteiger partial charge in [-0.2, -0.15) is 13.2 Å². The molecule has 0 radical (unpaired) electrons. The van der Waals surface area contributed by atoms with Crippen molar-refractivity contribution in [3.63, 3.8) is 0 Å². The average Bonchev–Trinajstić information content (AvgIpc) is 2.83. The number of H-pyrrole nitrogens is 1. The Kier molecular flexibility index (Phi) is 6.90. The van der Waals surface area contributed by atoms with Crippen LogP contribution in [0.25, 0.3) is 10.8 Å². The summed E-state index contributed by atoms with van der Waals surface area (Å²) >= 11 is 0. The normalized spacial score (nSPS) is 22.1. The van der Waals surface area contributed by atoms with Gasteiger partial charge in [0.2, 0.25) is 0 Å². The van der Waals surface area contributed by atoms with Crippen LogP contribution in [0.1, 0.15) is 67.7 Å². The van der Waals surface area contributed by atoms with Crippen molar-refractivity contribution in [2.75, 3.05) is 0 Å². The summed E-state index contributed by atoms with van der Waals surface area (Å²) in [4.78, 5) is 14.8. The molecule has 0 spiro atoms. The van der Waals surface area contributed by atoms with Gasteiger partial charge >= 0.3 is 6.18 Å². The van der Waals surface area contributed by atoms with Crippen LogP contribution in [0.15, 0.2) is 53.5 Å². The number of benzene rings is 2. The predicted octanol–water partition coefficient (Wildman–Crippen LogP) is 6.65. The number of aryl methyl sites for hydroxylation is 2. The van der Waals surface area contributed by atoms with Gasteiger partial charge in [0.05, 0.1) is 5.56 Å². The minimum absolute atomic E-state index is 0.0716. The Labute approximate surface area is 198 Å². The molecule has 2 aromatic carbocycles. The Balaban J connectivity index is 1.49. The highest BCUT2D eigenvalue weighted by Crippen LogP contribution is 2.46. The number of alkyl halides is 3. The van der Waals surface area contributed by atoms with Crippen LogP contribution in [-0.4, -0.2) is 11.0 Å². The molecule has 1 heterocycles. The molecule has 1 aliphatic carbocycles. The number of pyridine rings is 1. The second-order valence-electron chi connectivity index (χ2n) is 9.90. The molecule has 0 amide bonds. The lowest BCUT2D eigenvalue weighted by atomic mass is 9.61. The quantitative estimate of drug-likeness (QED) is 0.424. The van der Waals surface area contributed by atoms with E-state index in [0.29, 0.717) is 11.3 Å². The van der Waals surface area contributed by atoms with Gasteiger partial charge in [0.15, 0.2) is 0 Å². The van der Waals surface area contributed by atoms with Gasteiger partial charge < -0.3 is 10.7 Å². The first kappa shape index (κ1) is 24.5. The summed E-state index contributed by atoms with van der Waals surface area (Å²) in [5, 5.41) is 1.66. The molecule has 0 aliphatic heterocycles. The van der Waals surface area contributed by atoms with Crippen LogP contribution in [0.2, 0.25) is 0 Å². The van der Waals surface area contributed by atoms with Crippen LogP contribution < -0.4 is 11.3 Å². The molecule has 1 atom stereocenters. The zero-order chi connectivity index (χ0) is 24.5. The first-order valence-corrected chi connectivity index (χ1v) is 12.2. The molecule has 1 fully saturated rings. The van der Waals surface area contributed by atoms with E-state index in [0.717, 1.165) is 67.5 Å². The Morgan fingerprint density at radius 3 is 2.56 bits per heavy atom. The number of nitrogens with one attached hydrogen (secondary N) is 1. The summed E-state index contributed by atoms with van der Waals surface area (Å²) in [6.45, 7) is 4.06. The van der Waals surface area contributed by atoms with E-state index in [4.69, 9.17) is 5.73 Å². The molecule has 1 aliphatic rings. The van der Waals surface area contributed by atoms with E-state index >= 15 is 0 Å². The van der Waals surface area contributed by atoms with E-state index in [2.05, 4.69) is 11.1 Å². The first-order valence-electron chi connectivity index (χ1n) is 12.2. The smallest absolute Gasteiger partial charge is 0.329 e. The third-order valence-corrected chi connectivity index (χ3v) is 7.96. The third-order valence-electron chi connectivity index (χ3n) is 7.96. The van der Waals surface area contributed by atoms with Gasteiger partial charge in [0.25, 0.3) is 5.56 Å². The minimum Gasteiger partial charge on any atom is -0.329 e. The van der Waals surface area contributed by atoms with Crippen molar-refractivity contribution in [2.24, 2.45) is 11.7 Å².